The van der Waals surface area contributed by atoms with Crippen LogP contribution in [-0.2, 0) is 0 Å². The predicted molar refractivity (Wildman–Crippen MR) is 88.6 cm³/mol. The molecular formula is C18H21N3O. The average molecular weight is 295 g/mol. The molecule has 4 nitrogen and oxygen atoms in total. The number of nitrogens with zero attached hydrogens (tertiary/aromatic N) is 2. The standard InChI is InChI=1S/C18H21N3O/c22-18(17-8-9-19-15-17)21-13-11-20(12-14-21)10-4-7-16-5-2-1-3-6-16/h1-9,15,19H,10-14H2/b7-4+. The molecule has 0 aliphatic carbocycles. The van der Waals surface area contributed by atoms with E-state index in [9.17, 15) is 4.79 Å². The van der Waals surface area contributed by atoms with Gasteiger partial charge in [0.05, 0.1) is 5.56 Å². The molecule has 0 unspecified atom stereocenters. The van der Waals surface area contributed by atoms with E-state index in [2.05, 4.69) is 34.2 Å². The van der Waals surface area contributed by atoms with Crippen LogP contribution in [0.3, 0.4) is 0 Å². The van der Waals surface area contributed by atoms with Crippen LogP contribution in [0.5, 0.6) is 0 Å². The van der Waals surface area contributed by atoms with Crippen LogP contribution in [-0.4, -0.2) is 53.4 Å². The van der Waals surface area contributed by atoms with Gasteiger partial charge in [-0.05, 0) is 11.6 Å². The number of aromatic amines is 1. The molecule has 1 aliphatic heterocycles. The maximum absolute atomic E-state index is 12.2. The molecule has 2 heterocycles. The van der Waals surface area contributed by atoms with Crippen molar-refractivity contribution in [3.05, 3.63) is 66.0 Å². The molecule has 1 aliphatic rings. The second-order valence-electron chi connectivity index (χ2n) is 5.51. The van der Waals surface area contributed by atoms with Gasteiger partial charge in [-0.2, -0.15) is 0 Å². The first-order valence-corrected chi connectivity index (χ1v) is 7.69. The van der Waals surface area contributed by atoms with Crippen molar-refractivity contribution in [3.63, 3.8) is 0 Å². The summed E-state index contributed by atoms with van der Waals surface area (Å²) in [4.78, 5) is 19.5. The number of H-pyrrole nitrogens is 1. The van der Waals surface area contributed by atoms with E-state index in [1.54, 1.807) is 12.4 Å². The normalized spacial score (nSPS) is 16.3. The van der Waals surface area contributed by atoms with Gasteiger partial charge in [0.2, 0.25) is 0 Å². The van der Waals surface area contributed by atoms with Gasteiger partial charge in [-0.15, -0.1) is 0 Å². The lowest BCUT2D eigenvalue weighted by molar-refractivity contribution is 0.0650. The fraction of sp³-hybridized carbons (Fsp3) is 0.278. The minimum Gasteiger partial charge on any atom is -0.367 e. The van der Waals surface area contributed by atoms with Crippen molar-refractivity contribution in [2.24, 2.45) is 0 Å². The van der Waals surface area contributed by atoms with Gasteiger partial charge < -0.3 is 9.88 Å². The second kappa shape index (κ2) is 7.09. The molecule has 1 aromatic heterocycles. The number of hydrogen-bond acceptors (Lipinski definition) is 2. The Balaban J connectivity index is 1.46. The average Bonchev–Trinajstić information content (AvgIpc) is 3.10. The summed E-state index contributed by atoms with van der Waals surface area (Å²) in [5.74, 6) is 0.126. The van der Waals surface area contributed by atoms with Crippen LogP contribution in [0.25, 0.3) is 6.08 Å². The molecule has 114 valence electrons. The number of hydrogen-bond donors (Lipinski definition) is 1. The number of aromatic nitrogens is 1. The zero-order valence-corrected chi connectivity index (χ0v) is 12.6. The lowest BCUT2D eigenvalue weighted by Gasteiger charge is -2.34. The fourth-order valence-corrected chi connectivity index (χ4v) is 2.68. The van der Waals surface area contributed by atoms with Crippen LogP contribution in [0.2, 0.25) is 0 Å². The summed E-state index contributed by atoms with van der Waals surface area (Å²) < 4.78 is 0. The topological polar surface area (TPSA) is 39.3 Å². The second-order valence-corrected chi connectivity index (χ2v) is 5.51. The van der Waals surface area contributed by atoms with Gasteiger partial charge in [-0.25, -0.2) is 0 Å². The number of nitrogens with one attached hydrogen (secondary N) is 1. The third-order valence-corrected chi connectivity index (χ3v) is 3.98. The molecule has 0 saturated carbocycles. The molecular weight excluding hydrogens is 274 g/mol. The largest absolute Gasteiger partial charge is 0.367 e. The molecule has 2 aromatic rings. The van der Waals surface area contributed by atoms with Crippen LogP contribution < -0.4 is 0 Å². The summed E-state index contributed by atoms with van der Waals surface area (Å²) in [6.45, 7) is 4.37. The van der Waals surface area contributed by atoms with E-state index in [1.165, 1.54) is 5.56 Å². The fourth-order valence-electron chi connectivity index (χ4n) is 2.68. The third-order valence-electron chi connectivity index (χ3n) is 3.98. The molecule has 0 spiro atoms. The van der Waals surface area contributed by atoms with Crippen LogP contribution >= 0.6 is 0 Å². The van der Waals surface area contributed by atoms with Crippen LogP contribution in [0, 0.1) is 0 Å². The molecule has 0 radical (unpaired) electrons. The summed E-state index contributed by atoms with van der Waals surface area (Å²) in [7, 11) is 0. The van der Waals surface area contributed by atoms with E-state index in [1.807, 2.05) is 29.2 Å². The highest BCUT2D eigenvalue weighted by atomic mass is 16.2. The van der Waals surface area contributed by atoms with Crippen molar-refractivity contribution in [2.75, 3.05) is 32.7 Å². The summed E-state index contributed by atoms with van der Waals surface area (Å²) in [5, 5.41) is 0. The van der Waals surface area contributed by atoms with Crippen molar-refractivity contribution in [1.82, 2.24) is 14.8 Å². The molecule has 1 fully saturated rings. The molecule has 1 aromatic carbocycles. The highest BCUT2D eigenvalue weighted by molar-refractivity contribution is 5.94. The number of rotatable bonds is 4. The summed E-state index contributed by atoms with van der Waals surface area (Å²) in [6.07, 6.45) is 7.89. The summed E-state index contributed by atoms with van der Waals surface area (Å²) in [6, 6.07) is 12.2. The van der Waals surface area contributed by atoms with Crippen molar-refractivity contribution >= 4 is 12.0 Å². The quantitative estimate of drug-likeness (QED) is 0.941. The maximum Gasteiger partial charge on any atom is 0.255 e. The van der Waals surface area contributed by atoms with Gasteiger partial charge in [-0.1, -0.05) is 42.5 Å². The number of benzene rings is 1. The van der Waals surface area contributed by atoms with Crippen molar-refractivity contribution in [3.8, 4) is 0 Å². The Labute approximate surface area is 131 Å². The Kier molecular flexibility index (Phi) is 4.71. The van der Waals surface area contributed by atoms with E-state index in [0.717, 1.165) is 38.3 Å². The van der Waals surface area contributed by atoms with Crippen molar-refractivity contribution in [2.45, 2.75) is 0 Å². The molecule has 22 heavy (non-hydrogen) atoms. The lowest BCUT2D eigenvalue weighted by Crippen LogP contribution is -2.48. The Bertz CT molecular complexity index is 611. The first kappa shape index (κ1) is 14.6. The molecule has 1 N–H and O–H groups in total. The van der Waals surface area contributed by atoms with Gasteiger partial charge in [0.25, 0.3) is 5.91 Å². The number of carbonyl (C=O) groups excluding carboxylic acids is 1. The Morgan fingerprint density at radius 1 is 1.09 bits per heavy atom. The smallest absolute Gasteiger partial charge is 0.255 e. The molecule has 3 rings (SSSR count). The molecule has 1 amide bonds. The molecule has 4 heteroatoms. The van der Waals surface area contributed by atoms with Crippen molar-refractivity contribution in [1.29, 1.82) is 0 Å². The molecule has 0 atom stereocenters. The SMILES string of the molecule is O=C(c1cc[nH]c1)N1CCN(C/C=C/c2ccccc2)CC1. The van der Waals surface area contributed by atoms with E-state index in [-0.39, 0.29) is 5.91 Å². The van der Waals surface area contributed by atoms with Gasteiger partial charge in [0.1, 0.15) is 0 Å². The minimum absolute atomic E-state index is 0.126. The van der Waals surface area contributed by atoms with E-state index in [0.29, 0.717) is 0 Å². The Morgan fingerprint density at radius 2 is 1.86 bits per heavy atom. The van der Waals surface area contributed by atoms with Gasteiger partial charge in [0.15, 0.2) is 0 Å². The zero-order chi connectivity index (χ0) is 15.2. The van der Waals surface area contributed by atoms with Crippen LogP contribution in [0.4, 0.5) is 0 Å². The highest BCUT2D eigenvalue weighted by Crippen LogP contribution is 2.08. The van der Waals surface area contributed by atoms with Gasteiger partial charge in [-0.3, -0.25) is 9.69 Å². The number of piperazine rings is 1. The molecule has 0 bridgehead atoms. The van der Waals surface area contributed by atoms with Gasteiger partial charge in [0, 0.05) is 45.1 Å². The summed E-state index contributed by atoms with van der Waals surface area (Å²) >= 11 is 0. The first-order valence-electron chi connectivity index (χ1n) is 7.69. The van der Waals surface area contributed by atoms with Crippen LogP contribution in [0.15, 0.2) is 54.9 Å². The minimum atomic E-state index is 0.126. The predicted octanol–water partition coefficient (Wildman–Crippen LogP) is 2.49. The molecule has 1 saturated heterocycles. The van der Waals surface area contributed by atoms with Crippen LogP contribution in [0.1, 0.15) is 15.9 Å². The Morgan fingerprint density at radius 3 is 2.55 bits per heavy atom. The third kappa shape index (κ3) is 3.65. The van der Waals surface area contributed by atoms with Crippen molar-refractivity contribution < 1.29 is 4.79 Å². The zero-order valence-electron chi connectivity index (χ0n) is 12.6. The van der Waals surface area contributed by atoms with E-state index in [4.69, 9.17) is 0 Å². The first-order chi connectivity index (χ1) is 10.8. The number of carbonyl (C=O) groups is 1. The lowest BCUT2D eigenvalue weighted by atomic mass is 10.2. The van der Waals surface area contributed by atoms with E-state index < -0.39 is 0 Å². The Hall–Kier alpha value is -2.33. The monoisotopic (exact) mass is 295 g/mol. The van der Waals surface area contributed by atoms with E-state index >= 15 is 0 Å². The maximum atomic E-state index is 12.2. The highest BCUT2D eigenvalue weighted by Gasteiger charge is 2.21. The van der Waals surface area contributed by atoms with Gasteiger partial charge >= 0.3 is 0 Å². The summed E-state index contributed by atoms with van der Waals surface area (Å²) in [5.41, 5.74) is 1.97. The number of amides is 1.